The molecule has 1 atom stereocenters. The molecule has 0 aromatic heterocycles. The first-order valence-corrected chi connectivity index (χ1v) is 5.96. The molecule has 0 saturated heterocycles. The number of methoxy groups -OCH3 is 1. The van der Waals surface area contributed by atoms with Gasteiger partial charge in [0.15, 0.2) is 0 Å². The molecule has 0 heterocycles. The summed E-state index contributed by atoms with van der Waals surface area (Å²) in [4.78, 5) is 0. The smallest absolute Gasteiger partial charge is 0.124 e. The number of rotatable bonds is 5. The van der Waals surface area contributed by atoms with Crippen LogP contribution in [0.1, 0.15) is 25.8 Å². The standard InChI is InChI=1S/C13H19ClFNO/c1-13(2,17-3)8-11(16)6-9-4-5-10(15)7-12(9)14/h4-5,7,11H,6,8,16H2,1-3H3. The molecule has 0 aliphatic rings. The van der Waals surface area contributed by atoms with E-state index < -0.39 is 0 Å². The van der Waals surface area contributed by atoms with Crippen molar-refractivity contribution in [3.8, 4) is 0 Å². The summed E-state index contributed by atoms with van der Waals surface area (Å²) in [5.74, 6) is -0.329. The van der Waals surface area contributed by atoms with Crippen LogP contribution >= 0.6 is 11.6 Å². The highest BCUT2D eigenvalue weighted by Crippen LogP contribution is 2.22. The van der Waals surface area contributed by atoms with Crippen LogP contribution in [-0.4, -0.2) is 18.8 Å². The summed E-state index contributed by atoms with van der Waals surface area (Å²) in [5, 5.41) is 0.427. The summed E-state index contributed by atoms with van der Waals surface area (Å²) in [6, 6.07) is 4.32. The van der Waals surface area contributed by atoms with Crippen LogP contribution in [-0.2, 0) is 11.2 Å². The van der Waals surface area contributed by atoms with Crippen LogP contribution in [0.4, 0.5) is 4.39 Å². The third kappa shape index (κ3) is 4.62. The Labute approximate surface area is 107 Å². The molecule has 2 N–H and O–H groups in total. The Balaban J connectivity index is 2.65. The lowest BCUT2D eigenvalue weighted by Crippen LogP contribution is -2.35. The first-order chi connectivity index (χ1) is 7.84. The summed E-state index contributed by atoms with van der Waals surface area (Å²) >= 11 is 5.95. The van der Waals surface area contributed by atoms with Crippen LogP contribution in [0.5, 0.6) is 0 Å². The zero-order chi connectivity index (χ0) is 13.1. The van der Waals surface area contributed by atoms with Gasteiger partial charge in [0.1, 0.15) is 5.82 Å². The van der Waals surface area contributed by atoms with Crippen LogP contribution in [0.15, 0.2) is 18.2 Å². The fourth-order valence-corrected chi connectivity index (χ4v) is 2.00. The maximum absolute atomic E-state index is 12.9. The lowest BCUT2D eigenvalue weighted by atomic mass is 9.94. The fraction of sp³-hybridized carbons (Fsp3) is 0.538. The van der Waals surface area contributed by atoms with Gasteiger partial charge in [0.05, 0.1) is 5.60 Å². The minimum Gasteiger partial charge on any atom is -0.379 e. The van der Waals surface area contributed by atoms with Crippen molar-refractivity contribution >= 4 is 11.6 Å². The summed E-state index contributed by atoms with van der Waals surface area (Å²) in [6.07, 6.45) is 1.34. The largest absolute Gasteiger partial charge is 0.379 e. The molecule has 1 aromatic carbocycles. The Morgan fingerprint density at radius 3 is 2.65 bits per heavy atom. The van der Waals surface area contributed by atoms with Crippen molar-refractivity contribution in [1.82, 2.24) is 0 Å². The molecule has 2 nitrogen and oxygen atoms in total. The number of hydrogen-bond acceptors (Lipinski definition) is 2. The zero-order valence-electron chi connectivity index (χ0n) is 10.5. The molecule has 0 aliphatic heterocycles. The highest BCUT2D eigenvalue weighted by Gasteiger charge is 2.21. The second kappa shape index (κ2) is 5.80. The summed E-state index contributed by atoms with van der Waals surface area (Å²) in [6.45, 7) is 3.97. The molecule has 0 spiro atoms. The van der Waals surface area contributed by atoms with Crippen molar-refractivity contribution in [3.05, 3.63) is 34.6 Å². The minimum absolute atomic E-state index is 0.0621. The third-order valence-corrected chi connectivity index (χ3v) is 3.16. The van der Waals surface area contributed by atoms with E-state index in [2.05, 4.69) is 0 Å². The number of nitrogens with two attached hydrogens (primary N) is 1. The fourth-order valence-electron chi connectivity index (χ4n) is 1.76. The Morgan fingerprint density at radius 1 is 1.47 bits per heavy atom. The normalized spacial score (nSPS) is 13.8. The average Bonchev–Trinajstić information content (AvgIpc) is 2.21. The molecule has 0 amide bonds. The first kappa shape index (κ1) is 14.4. The minimum atomic E-state index is -0.329. The molecule has 0 radical (unpaired) electrons. The Kier molecular flexibility index (Phi) is 4.92. The van der Waals surface area contributed by atoms with Gasteiger partial charge in [-0.2, -0.15) is 0 Å². The Bertz CT molecular complexity index is 382. The van der Waals surface area contributed by atoms with Crippen LogP contribution in [0.25, 0.3) is 0 Å². The molecule has 17 heavy (non-hydrogen) atoms. The summed E-state index contributed by atoms with van der Waals surface area (Å²) in [5.41, 5.74) is 6.65. The third-order valence-electron chi connectivity index (χ3n) is 2.80. The maximum Gasteiger partial charge on any atom is 0.124 e. The summed E-state index contributed by atoms with van der Waals surface area (Å²) < 4.78 is 18.2. The molecule has 0 aliphatic carbocycles. The molecular formula is C13H19ClFNO. The van der Waals surface area contributed by atoms with Crippen molar-refractivity contribution in [2.45, 2.75) is 38.3 Å². The number of halogens is 2. The van der Waals surface area contributed by atoms with Crippen molar-refractivity contribution < 1.29 is 9.13 Å². The van der Waals surface area contributed by atoms with E-state index in [1.165, 1.54) is 12.1 Å². The van der Waals surface area contributed by atoms with Gasteiger partial charge in [-0.1, -0.05) is 17.7 Å². The molecule has 1 aromatic rings. The van der Waals surface area contributed by atoms with Crippen molar-refractivity contribution in [2.24, 2.45) is 5.73 Å². The van der Waals surface area contributed by atoms with Crippen LogP contribution in [0.3, 0.4) is 0 Å². The van der Waals surface area contributed by atoms with Gasteiger partial charge in [-0.3, -0.25) is 0 Å². The summed E-state index contributed by atoms with van der Waals surface area (Å²) in [7, 11) is 1.66. The second-order valence-electron chi connectivity index (χ2n) is 4.87. The molecule has 96 valence electrons. The van der Waals surface area contributed by atoms with Gasteiger partial charge in [0, 0.05) is 18.2 Å². The predicted molar refractivity (Wildman–Crippen MR) is 68.8 cm³/mol. The van der Waals surface area contributed by atoms with E-state index in [1.54, 1.807) is 13.2 Å². The molecule has 1 unspecified atom stereocenters. The van der Waals surface area contributed by atoms with Gasteiger partial charge in [-0.25, -0.2) is 4.39 Å². The van der Waals surface area contributed by atoms with Crippen LogP contribution in [0.2, 0.25) is 5.02 Å². The van der Waals surface area contributed by atoms with Gasteiger partial charge in [-0.15, -0.1) is 0 Å². The lowest BCUT2D eigenvalue weighted by Gasteiger charge is -2.26. The SMILES string of the molecule is COC(C)(C)CC(N)Cc1ccc(F)cc1Cl. The average molecular weight is 260 g/mol. The molecule has 0 fully saturated rings. The molecule has 4 heteroatoms. The Morgan fingerprint density at radius 2 is 2.12 bits per heavy atom. The Hall–Kier alpha value is -0.640. The molecule has 0 bridgehead atoms. The highest BCUT2D eigenvalue weighted by molar-refractivity contribution is 6.31. The van der Waals surface area contributed by atoms with Gasteiger partial charge >= 0.3 is 0 Å². The van der Waals surface area contributed by atoms with Gasteiger partial charge in [0.25, 0.3) is 0 Å². The van der Waals surface area contributed by atoms with Crippen molar-refractivity contribution in [2.75, 3.05) is 7.11 Å². The van der Waals surface area contributed by atoms with E-state index in [-0.39, 0.29) is 17.5 Å². The van der Waals surface area contributed by atoms with Crippen molar-refractivity contribution in [3.63, 3.8) is 0 Å². The van der Waals surface area contributed by atoms with Crippen LogP contribution < -0.4 is 5.73 Å². The van der Waals surface area contributed by atoms with E-state index in [4.69, 9.17) is 22.1 Å². The zero-order valence-corrected chi connectivity index (χ0v) is 11.2. The van der Waals surface area contributed by atoms with Gasteiger partial charge in [-0.05, 0) is 44.4 Å². The van der Waals surface area contributed by atoms with Crippen LogP contribution in [0, 0.1) is 5.82 Å². The molecule has 0 saturated carbocycles. The van der Waals surface area contributed by atoms with E-state index in [0.717, 1.165) is 12.0 Å². The lowest BCUT2D eigenvalue weighted by molar-refractivity contribution is 0.0102. The van der Waals surface area contributed by atoms with E-state index >= 15 is 0 Å². The van der Waals surface area contributed by atoms with E-state index in [1.807, 2.05) is 13.8 Å². The quantitative estimate of drug-likeness (QED) is 0.882. The van der Waals surface area contributed by atoms with Gasteiger partial charge in [0.2, 0.25) is 0 Å². The highest BCUT2D eigenvalue weighted by atomic mass is 35.5. The topological polar surface area (TPSA) is 35.2 Å². The number of ether oxygens (including phenoxy) is 1. The van der Waals surface area contributed by atoms with E-state index in [0.29, 0.717) is 11.4 Å². The molecule has 1 rings (SSSR count). The van der Waals surface area contributed by atoms with Gasteiger partial charge < -0.3 is 10.5 Å². The molecular weight excluding hydrogens is 241 g/mol. The number of benzene rings is 1. The monoisotopic (exact) mass is 259 g/mol. The first-order valence-electron chi connectivity index (χ1n) is 5.59. The van der Waals surface area contributed by atoms with E-state index in [9.17, 15) is 4.39 Å². The second-order valence-corrected chi connectivity index (χ2v) is 5.28. The maximum atomic E-state index is 12.9. The van der Waals surface area contributed by atoms with Crippen molar-refractivity contribution in [1.29, 1.82) is 0 Å². The predicted octanol–water partition coefficient (Wildman–Crippen LogP) is 3.16. The number of hydrogen-bond donors (Lipinski definition) is 1.